The van der Waals surface area contributed by atoms with E-state index in [0.29, 0.717) is 10.5 Å². The van der Waals surface area contributed by atoms with Gasteiger partial charge in [-0.25, -0.2) is 17.6 Å². The first kappa shape index (κ1) is 19.6. The molecule has 0 radical (unpaired) electrons. The van der Waals surface area contributed by atoms with Crippen LogP contribution in [0.2, 0.25) is 0 Å². The van der Waals surface area contributed by atoms with Gasteiger partial charge >= 0.3 is 0 Å². The molecular weight excluding hydrogens is 420 g/mol. The first-order valence-corrected chi connectivity index (χ1v) is 7.91. The van der Waals surface area contributed by atoms with Crippen molar-refractivity contribution in [3.8, 4) is 0 Å². The molecule has 0 aromatic heterocycles. The molecular formula is C17H11BrF4N2O2. The Kier molecular flexibility index (Phi) is 6.51. The van der Waals surface area contributed by atoms with Crippen LogP contribution in [0.1, 0.15) is 5.56 Å². The van der Waals surface area contributed by atoms with Gasteiger partial charge in [-0.15, -0.1) is 0 Å². The minimum Gasteiger partial charge on any atom is -0.343 e. The number of hydrogen-bond donors (Lipinski definition) is 2. The maximum atomic E-state index is 13.5. The van der Waals surface area contributed by atoms with Crippen molar-refractivity contribution in [2.75, 3.05) is 11.9 Å². The van der Waals surface area contributed by atoms with Crippen molar-refractivity contribution >= 4 is 39.5 Å². The fraction of sp³-hybridized carbons (Fsp3) is 0.0588. The van der Waals surface area contributed by atoms with E-state index in [4.69, 9.17) is 0 Å². The Morgan fingerprint density at radius 2 is 1.69 bits per heavy atom. The van der Waals surface area contributed by atoms with Crippen LogP contribution in [0.4, 0.5) is 23.2 Å². The molecule has 0 heterocycles. The van der Waals surface area contributed by atoms with Gasteiger partial charge in [-0.05, 0) is 36.4 Å². The molecule has 0 aliphatic heterocycles. The topological polar surface area (TPSA) is 58.2 Å². The van der Waals surface area contributed by atoms with E-state index in [1.807, 2.05) is 5.32 Å². The van der Waals surface area contributed by atoms with Gasteiger partial charge in [0.2, 0.25) is 11.8 Å². The number of nitrogens with one attached hydrogen (secondary N) is 2. The van der Waals surface area contributed by atoms with Crippen molar-refractivity contribution in [3.05, 3.63) is 69.7 Å². The second-order valence-electron chi connectivity index (χ2n) is 4.99. The van der Waals surface area contributed by atoms with Gasteiger partial charge in [-0.2, -0.15) is 0 Å². The second-order valence-corrected chi connectivity index (χ2v) is 5.90. The van der Waals surface area contributed by atoms with Crippen molar-refractivity contribution in [3.63, 3.8) is 0 Å². The highest BCUT2D eigenvalue weighted by Gasteiger charge is 2.15. The summed E-state index contributed by atoms with van der Waals surface area (Å²) in [6.45, 7) is -0.553. The Labute approximate surface area is 154 Å². The standard InChI is InChI=1S/C17H11BrF4N2O2/c18-10-2-3-11(19)9(7-10)1-6-14(25)23-8-15(26)24-13-5-4-12(20)16(21)17(13)22/h1-7H,8H2,(H,23,25)(H,24,26). The van der Waals surface area contributed by atoms with E-state index in [9.17, 15) is 27.2 Å². The van der Waals surface area contributed by atoms with E-state index in [0.717, 1.165) is 12.1 Å². The fourth-order valence-corrected chi connectivity index (χ4v) is 2.23. The van der Waals surface area contributed by atoms with Gasteiger partial charge in [0.1, 0.15) is 5.82 Å². The fourth-order valence-electron chi connectivity index (χ4n) is 1.85. The summed E-state index contributed by atoms with van der Waals surface area (Å²) in [4.78, 5) is 23.3. The van der Waals surface area contributed by atoms with Gasteiger partial charge in [0, 0.05) is 16.1 Å². The first-order valence-electron chi connectivity index (χ1n) is 7.12. The molecule has 4 nitrogen and oxygen atoms in total. The number of anilines is 1. The van der Waals surface area contributed by atoms with Crippen LogP contribution in [0, 0.1) is 23.3 Å². The summed E-state index contributed by atoms with van der Waals surface area (Å²) in [7, 11) is 0. The third kappa shape index (κ3) is 5.16. The van der Waals surface area contributed by atoms with Crippen LogP contribution in [0.5, 0.6) is 0 Å². The molecule has 0 fully saturated rings. The SMILES string of the molecule is O=C(C=Cc1cc(Br)ccc1F)NCC(=O)Nc1ccc(F)c(F)c1F. The van der Waals surface area contributed by atoms with E-state index in [-0.39, 0.29) is 5.56 Å². The van der Waals surface area contributed by atoms with E-state index in [1.54, 1.807) is 0 Å². The normalized spacial score (nSPS) is 10.8. The van der Waals surface area contributed by atoms with Crippen LogP contribution in [-0.4, -0.2) is 18.4 Å². The Morgan fingerprint density at radius 1 is 1.00 bits per heavy atom. The summed E-state index contributed by atoms with van der Waals surface area (Å²) < 4.78 is 53.4. The minimum atomic E-state index is -1.72. The summed E-state index contributed by atoms with van der Waals surface area (Å²) in [6.07, 6.45) is 2.22. The largest absolute Gasteiger partial charge is 0.343 e. The molecule has 26 heavy (non-hydrogen) atoms. The van der Waals surface area contributed by atoms with Gasteiger partial charge in [-0.3, -0.25) is 9.59 Å². The summed E-state index contributed by atoms with van der Waals surface area (Å²) in [5.41, 5.74) is -0.405. The molecule has 0 aliphatic rings. The van der Waals surface area contributed by atoms with Crippen LogP contribution in [0.15, 0.2) is 40.9 Å². The predicted octanol–water partition coefficient (Wildman–Crippen LogP) is 3.77. The molecule has 136 valence electrons. The summed E-state index contributed by atoms with van der Waals surface area (Å²) in [5.74, 6) is -6.75. The van der Waals surface area contributed by atoms with Gasteiger partial charge in [0.05, 0.1) is 12.2 Å². The molecule has 2 N–H and O–H groups in total. The highest BCUT2D eigenvalue weighted by atomic mass is 79.9. The Morgan fingerprint density at radius 3 is 2.42 bits per heavy atom. The molecule has 0 atom stereocenters. The predicted molar refractivity (Wildman–Crippen MR) is 91.1 cm³/mol. The first-order chi connectivity index (χ1) is 12.3. The molecule has 0 spiro atoms. The average Bonchev–Trinajstić information content (AvgIpc) is 2.61. The lowest BCUT2D eigenvalue weighted by molar-refractivity contribution is -0.121. The number of rotatable bonds is 5. The third-order valence-electron chi connectivity index (χ3n) is 3.10. The molecule has 2 aromatic carbocycles. The molecule has 2 aromatic rings. The van der Waals surface area contributed by atoms with Crippen molar-refractivity contribution in [2.45, 2.75) is 0 Å². The number of amides is 2. The molecule has 9 heteroatoms. The van der Waals surface area contributed by atoms with E-state index in [1.165, 1.54) is 24.3 Å². The molecule has 2 rings (SSSR count). The lowest BCUT2D eigenvalue weighted by Crippen LogP contribution is -2.32. The summed E-state index contributed by atoms with van der Waals surface area (Å²) in [5, 5.41) is 4.19. The Hall–Kier alpha value is -2.68. The van der Waals surface area contributed by atoms with Crippen molar-refractivity contribution < 1.29 is 27.2 Å². The number of halogens is 5. The van der Waals surface area contributed by atoms with E-state index >= 15 is 0 Å². The Balaban J connectivity index is 1.91. The van der Waals surface area contributed by atoms with Crippen molar-refractivity contribution in [1.82, 2.24) is 5.32 Å². The van der Waals surface area contributed by atoms with Crippen molar-refractivity contribution in [2.24, 2.45) is 0 Å². The average molecular weight is 431 g/mol. The number of carbonyl (C=O) groups is 2. The quantitative estimate of drug-likeness (QED) is 0.430. The highest BCUT2D eigenvalue weighted by molar-refractivity contribution is 9.10. The number of hydrogen-bond acceptors (Lipinski definition) is 2. The smallest absolute Gasteiger partial charge is 0.244 e. The minimum absolute atomic E-state index is 0.155. The maximum Gasteiger partial charge on any atom is 0.244 e. The van der Waals surface area contributed by atoms with E-state index in [2.05, 4.69) is 21.2 Å². The van der Waals surface area contributed by atoms with Crippen LogP contribution in [0.25, 0.3) is 6.08 Å². The van der Waals surface area contributed by atoms with Gasteiger partial charge in [-0.1, -0.05) is 15.9 Å². The van der Waals surface area contributed by atoms with Crippen molar-refractivity contribution in [1.29, 1.82) is 0 Å². The van der Waals surface area contributed by atoms with Gasteiger partial charge < -0.3 is 10.6 Å². The van der Waals surface area contributed by atoms with Crippen LogP contribution >= 0.6 is 15.9 Å². The Bertz CT molecular complexity index is 887. The molecule has 0 unspecified atom stereocenters. The monoisotopic (exact) mass is 430 g/mol. The second kappa shape index (κ2) is 8.61. The van der Waals surface area contributed by atoms with Crippen LogP contribution in [-0.2, 0) is 9.59 Å². The zero-order chi connectivity index (χ0) is 19.3. The molecule has 0 saturated carbocycles. The third-order valence-corrected chi connectivity index (χ3v) is 3.60. The number of benzene rings is 2. The molecule has 0 saturated heterocycles. The molecule has 0 aliphatic carbocycles. The summed E-state index contributed by atoms with van der Waals surface area (Å²) in [6, 6.07) is 5.67. The zero-order valence-corrected chi connectivity index (χ0v) is 14.5. The molecule has 0 bridgehead atoms. The van der Waals surface area contributed by atoms with Crippen LogP contribution < -0.4 is 10.6 Å². The maximum absolute atomic E-state index is 13.5. The lowest BCUT2D eigenvalue weighted by Gasteiger charge is -2.07. The lowest BCUT2D eigenvalue weighted by atomic mass is 10.2. The highest BCUT2D eigenvalue weighted by Crippen LogP contribution is 2.19. The zero-order valence-electron chi connectivity index (χ0n) is 13.0. The van der Waals surface area contributed by atoms with E-state index < -0.39 is 47.3 Å². The molecule has 2 amide bonds. The van der Waals surface area contributed by atoms with Crippen LogP contribution in [0.3, 0.4) is 0 Å². The van der Waals surface area contributed by atoms with Gasteiger partial charge in [0.15, 0.2) is 17.5 Å². The number of carbonyl (C=O) groups excluding carboxylic acids is 2. The van der Waals surface area contributed by atoms with Gasteiger partial charge in [0.25, 0.3) is 0 Å². The summed E-state index contributed by atoms with van der Waals surface area (Å²) >= 11 is 3.17.